The van der Waals surface area contributed by atoms with Crippen LogP contribution in [0.4, 0.5) is 0 Å². The second-order valence-electron chi connectivity index (χ2n) is 14.4. The van der Waals surface area contributed by atoms with Gasteiger partial charge < -0.3 is 13.4 Å². The van der Waals surface area contributed by atoms with Crippen molar-refractivity contribution in [1.29, 1.82) is 0 Å². The number of fused-ring (bicyclic) bond motifs is 10. The van der Waals surface area contributed by atoms with Crippen LogP contribution in [0.2, 0.25) is 0 Å². The Morgan fingerprint density at radius 1 is 0.333 bits per heavy atom. The Morgan fingerprint density at radius 3 is 1.60 bits per heavy atom. The number of rotatable bonds is 5. The maximum atomic E-state index is 7.04. The average molecular weight is 731 g/mol. The van der Waals surface area contributed by atoms with E-state index in [0.717, 1.165) is 99.2 Å². The molecule has 266 valence electrons. The van der Waals surface area contributed by atoms with Crippen LogP contribution in [0.5, 0.6) is 0 Å². The Balaban J connectivity index is 1.14. The first-order chi connectivity index (χ1) is 28.2. The monoisotopic (exact) mass is 730 g/mol. The Bertz CT molecular complexity index is 3450. The van der Waals surface area contributed by atoms with Gasteiger partial charge in [0, 0.05) is 49.0 Å². The summed E-state index contributed by atoms with van der Waals surface area (Å²) in [5.74, 6) is 1.80. The summed E-state index contributed by atoms with van der Waals surface area (Å²) < 4.78 is 16.1. The summed E-state index contributed by atoms with van der Waals surface area (Å²) in [7, 11) is 0. The van der Waals surface area contributed by atoms with Crippen molar-refractivity contribution in [2.24, 2.45) is 0 Å². The third-order valence-corrected chi connectivity index (χ3v) is 11.0. The van der Waals surface area contributed by atoms with Crippen LogP contribution in [0.3, 0.4) is 0 Å². The zero-order valence-corrected chi connectivity index (χ0v) is 30.4. The Kier molecular flexibility index (Phi) is 6.83. The second-order valence-corrected chi connectivity index (χ2v) is 14.4. The molecule has 0 unspecified atom stereocenters. The summed E-state index contributed by atoms with van der Waals surface area (Å²) >= 11 is 0. The topological polar surface area (TPSA) is 69.9 Å². The molecule has 0 atom stereocenters. The van der Waals surface area contributed by atoms with E-state index in [1.807, 2.05) is 72.8 Å². The summed E-state index contributed by atoms with van der Waals surface area (Å²) in [4.78, 5) is 14.9. The van der Waals surface area contributed by atoms with Gasteiger partial charge in [-0.2, -0.15) is 0 Å². The molecule has 12 aromatic rings. The van der Waals surface area contributed by atoms with Crippen molar-refractivity contribution in [3.63, 3.8) is 0 Å². The van der Waals surface area contributed by atoms with Gasteiger partial charge in [0.05, 0.1) is 16.7 Å². The molecular weight excluding hydrogens is 701 g/mol. The minimum Gasteiger partial charge on any atom is -0.454 e. The molecule has 0 aliphatic carbocycles. The first kappa shape index (κ1) is 31.5. The maximum absolute atomic E-state index is 7.04. The third kappa shape index (κ3) is 4.94. The number of para-hydroxylation sites is 2. The molecule has 0 fully saturated rings. The molecule has 57 heavy (non-hydrogen) atoms. The minimum absolute atomic E-state index is 0.574. The van der Waals surface area contributed by atoms with E-state index >= 15 is 0 Å². The van der Waals surface area contributed by atoms with Gasteiger partial charge in [-0.25, -0.2) is 15.0 Å². The van der Waals surface area contributed by atoms with E-state index in [9.17, 15) is 0 Å². The fourth-order valence-electron chi connectivity index (χ4n) is 8.38. The van der Waals surface area contributed by atoms with Crippen LogP contribution in [0, 0.1) is 0 Å². The number of benzene rings is 8. The summed E-state index contributed by atoms with van der Waals surface area (Å²) in [5.41, 5.74) is 11.1. The van der Waals surface area contributed by atoms with E-state index in [-0.39, 0.29) is 0 Å². The molecule has 0 aliphatic heterocycles. The number of furan rings is 2. The highest BCUT2D eigenvalue weighted by Crippen LogP contribution is 2.44. The standard InChI is InChI=1S/C51H30N4O2/c1-4-14-31(15-5-1)35-28-41-38-25-24-34(51-53-49(32-16-6-2-7-17-32)52-50(54-51)33-18-8-3-9-19-33)30-45(38)57-47(41)43(29-35)55-42-22-12-10-20-36(42)39-26-27-40-37-21-11-13-23-44(37)56-48(40)46(39)55/h1-30H. The van der Waals surface area contributed by atoms with E-state index in [2.05, 4.69) is 114 Å². The SMILES string of the molecule is c1ccc(-c2cc(-n3c4ccccc4c4ccc5c6ccccc6oc5c43)c3oc4cc(-c5nc(-c6ccccc6)nc(-c6ccccc6)n5)ccc4c3c2)cc1. The smallest absolute Gasteiger partial charge is 0.164 e. The van der Waals surface area contributed by atoms with Gasteiger partial charge >= 0.3 is 0 Å². The third-order valence-electron chi connectivity index (χ3n) is 11.0. The fourth-order valence-corrected chi connectivity index (χ4v) is 8.38. The summed E-state index contributed by atoms with van der Waals surface area (Å²) in [6.07, 6.45) is 0. The van der Waals surface area contributed by atoms with Gasteiger partial charge in [-0.05, 0) is 53.6 Å². The molecule has 12 rings (SSSR count). The molecule has 0 aliphatic rings. The highest BCUT2D eigenvalue weighted by atomic mass is 16.3. The van der Waals surface area contributed by atoms with Crippen molar-refractivity contribution in [2.45, 2.75) is 0 Å². The van der Waals surface area contributed by atoms with Crippen molar-refractivity contribution in [3.8, 4) is 51.0 Å². The molecule has 0 N–H and O–H groups in total. The normalized spacial score (nSPS) is 11.9. The van der Waals surface area contributed by atoms with E-state index in [1.165, 1.54) is 0 Å². The lowest BCUT2D eigenvalue weighted by Gasteiger charge is -2.12. The number of aromatic nitrogens is 4. The van der Waals surface area contributed by atoms with Crippen molar-refractivity contribution >= 4 is 65.7 Å². The van der Waals surface area contributed by atoms with Crippen LogP contribution in [0.15, 0.2) is 191 Å². The van der Waals surface area contributed by atoms with Crippen molar-refractivity contribution in [3.05, 3.63) is 182 Å². The van der Waals surface area contributed by atoms with Gasteiger partial charge in [0.15, 0.2) is 28.6 Å². The quantitative estimate of drug-likeness (QED) is 0.176. The predicted molar refractivity (Wildman–Crippen MR) is 230 cm³/mol. The lowest BCUT2D eigenvalue weighted by Crippen LogP contribution is -2.00. The van der Waals surface area contributed by atoms with Crippen molar-refractivity contribution < 1.29 is 8.83 Å². The zero-order chi connectivity index (χ0) is 37.5. The van der Waals surface area contributed by atoms with E-state index in [1.54, 1.807) is 0 Å². The highest BCUT2D eigenvalue weighted by molar-refractivity contribution is 6.22. The first-order valence-electron chi connectivity index (χ1n) is 19.0. The maximum Gasteiger partial charge on any atom is 0.164 e. The van der Waals surface area contributed by atoms with Gasteiger partial charge in [0.2, 0.25) is 0 Å². The predicted octanol–water partition coefficient (Wildman–Crippen LogP) is 13.4. The molecule has 4 aromatic heterocycles. The molecule has 4 heterocycles. The van der Waals surface area contributed by atoms with Crippen LogP contribution < -0.4 is 0 Å². The van der Waals surface area contributed by atoms with Crippen molar-refractivity contribution in [1.82, 2.24) is 19.5 Å². The molecular formula is C51H30N4O2. The summed E-state index contributed by atoms with van der Waals surface area (Å²) in [6, 6.07) is 62.6. The van der Waals surface area contributed by atoms with Gasteiger partial charge in [0.25, 0.3) is 0 Å². The van der Waals surface area contributed by atoms with Gasteiger partial charge in [-0.15, -0.1) is 0 Å². The molecule has 0 spiro atoms. The second kappa shape index (κ2) is 12.3. The Morgan fingerprint density at radius 2 is 0.877 bits per heavy atom. The van der Waals surface area contributed by atoms with Crippen LogP contribution in [-0.4, -0.2) is 19.5 Å². The number of hydrogen-bond acceptors (Lipinski definition) is 5. The lowest BCUT2D eigenvalue weighted by atomic mass is 10.0. The molecule has 0 bridgehead atoms. The van der Waals surface area contributed by atoms with Gasteiger partial charge in [0.1, 0.15) is 11.2 Å². The molecule has 0 saturated carbocycles. The summed E-state index contributed by atoms with van der Waals surface area (Å²) in [6.45, 7) is 0. The number of hydrogen-bond donors (Lipinski definition) is 0. The fraction of sp³-hybridized carbons (Fsp3) is 0. The minimum atomic E-state index is 0.574. The Labute approximate surface area is 325 Å². The highest BCUT2D eigenvalue weighted by Gasteiger charge is 2.23. The molecule has 0 amide bonds. The van der Waals surface area contributed by atoms with Crippen LogP contribution >= 0.6 is 0 Å². The average Bonchev–Trinajstić information content (AvgIpc) is 3.96. The van der Waals surface area contributed by atoms with E-state index in [4.69, 9.17) is 23.8 Å². The largest absolute Gasteiger partial charge is 0.454 e. The van der Waals surface area contributed by atoms with E-state index < -0.39 is 0 Å². The van der Waals surface area contributed by atoms with Crippen LogP contribution in [0.25, 0.3) is 117 Å². The molecule has 0 saturated heterocycles. The number of nitrogens with zero attached hydrogens (tertiary/aromatic N) is 4. The van der Waals surface area contributed by atoms with Crippen LogP contribution in [-0.2, 0) is 0 Å². The Hall–Kier alpha value is -7.83. The van der Waals surface area contributed by atoms with Gasteiger partial charge in [-0.1, -0.05) is 140 Å². The molecule has 6 heteroatoms. The summed E-state index contributed by atoms with van der Waals surface area (Å²) in [5, 5.41) is 6.45. The molecule has 6 nitrogen and oxygen atoms in total. The van der Waals surface area contributed by atoms with Gasteiger partial charge in [-0.3, -0.25) is 0 Å². The first-order valence-corrected chi connectivity index (χ1v) is 19.0. The lowest BCUT2D eigenvalue weighted by molar-refractivity contribution is 0.665. The van der Waals surface area contributed by atoms with Crippen molar-refractivity contribution in [2.75, 3.05) is 0 Å². The zero-order valence-electron chi connectivity index (χ0n) is 30.4. The molecule has 8 aromatic carbocycles. The van der Waals surface area contributed by atoms with Crippen LogP contribution in [0.1, 0.15) is 0 Å². The molecule has 0 radical (unpaired) electrons. The van der Waals surface area contributed by atoms with E-state index in [0.29, 0.717) is 17.5 Å².